The first-order chi connectivity index (χ1) is 7.88. The van der Waals surface area contributed by atoms with Crippen molar-refractivity contribution < 1.29 is 17.6 Å². The molecular formula is C11H17F3N2O. The Morgan fingerprint density at radius 3 is 2.71 bits per heavy atom. The second-order valence-electron chi connectivity index (χ2n) is 4.04. The van der Waals surface area contributed by atoms with Gasteiger partial charge in [-0.1, -0.05) is 0 Å². The Labute approximate surface area is 98.6 Å². The summed E-state index contributed by atoms with van der Waals surface area (Å²) in [5.41, 5.74) is 0. The average molecular weight is 250 g/mol. The van der Waals surface area contributed by atoms with Crippen LogP contribution in [0.3, 0.4) is 0 Å². The third kappa shape index (κ3) is 5.74. The molecule has 1 rings (SSSR count). The number of rotatable bonds is 6. The third-order valence-corrected chi connectivity index (χ3v) is 2.36. The molecule has 0 saturated carbocycles. The van der Waals surface area contributed by atoms with E-state index >= 15 is 0 Å². The number of hydrogen-bond acceptors (Lipinski definition) is 3. The summed E-state index contributed by atoms with van der Waals surface area (Å²) in [5.74, 6) is 0.781. The minimum absolute atomic E-state index is 0.00397. The van der Waals surface area contributed by atoms with Crippen LogP contribution >= 0.6 is 0 Å². The lowest BCUT2D eigenvalue weighted by atomic mass is 10.2. The van der Waals surface area contributed by atoms with E-state index in [1.54, 1.807) is 12.3 Å². The van der Waals surface area contributed by atoms with Gasteiger partial charge in [-0.2, -0.15) is 13.2 Å². The van der Waals surface area contributed by atoms with E-state index in [-0.39, 0.29) is 6.04 Å². The van der Waals surface area contributed by atoms with Gasteiger partial charge in [0.25, 0.3) is 0 Å². The van der Waals surface area contributed by atoms with Crippen LogP contribution < -0.4 is 5.32 Å². The van der Waals surface area contributed by atoms with Crippen molar-refractivity contribution in [1.82, 2.24) is 10.2 Å². The van der Waals surface area contributed by atoms with Gasteiger partial charge in [-0.25, -0.2) is 0 Å². The molecule has 0 saturated heterocycles. The van der Waals surface area contributed by atoms with Crippen molar-refractivity contribution >= 4 is 0 Å². The molecule has 98 valence electrons. The van der Waals surface area contributed by atoms with Gasteiger partial charge in [-0.05, 0) is 26.1 Å². The zero-order chi connectivity index (χ0) is 12.9. The zero-order valence-electron chi connectivity index (χ0n) is 9.92. The topological polar surface area (TPSA) is 28.4 Å². The molecule has 1 atom stereocenters. The quantitative estimate of drug-likeness (QED) is 0.840. The highest BCUT2D eigenvalue weighted by Gasteiger charge is 2.28. The Morgan fingerprint density at radius 2 is 2.18 bits per heavy atom. The van der Waals surface area contributed by atoms with Gasteiger partial charge in [-0.3, -0.25) is 4.90 Å². The molecule has 0 aliphatic carbocycles. The van der Waals surface area contributed by atoms with E-state index in [1.807, 2.05) is 13.0 Å². The summed E-state index contributed by atoms with van der Waals surface area (Å²) in [5, 5.41) is 3.10. The molecule has 6 heteroatoms. The zero-order valence-corrected chi connectivity index (χ0v) is 9.92. The number of likely N-dealkylation sites (N-methyl/N-ethyl adjacent to an activating group) is 1. The van der Waals surface area contributed by atoms with Crippen molar-refractivity contribution in [2.75, 3.05) is 26.7 Å². The van der Waals surface area contributed by atoms with Crippen LogP contribution in [0.2, 0.25) is 0 Å². The number of alkyl halides is 3. The maximum Gasteiger partial charge on any atom is 0.401 e. The molecule has 0 fully saturated rings. The number of nitrogens with zero attached hydrogens (tertiary/aromatic N) is 1. The molecule has 0 aliphatic heterocycles. The lowest BCUT2D eigenvalue weighted by Crippen LogP contribution is -2.36. The number of furan rings is 1. The summed E-state index contributed by atoms with van der Waals surface area (Å²) in [7, 11) is 1.45. The molecular weight excluding hydrogens is 233 g/mol. The van der Waals surface area contributed by atoms with Gasteiger partial charge in [0, 0.05) is 13.1 Å². The Morgan fingerprint density at radius 1 is 1.47 bits per heavy atom. The van der Waals surface area contributed by atoms with Gasteiger partial charge in [-0.15, -0.1) is 0 Å². The van der Waals surface area contributed by atoms with Crippen molar-refractivity contribution in [2.24, 2.45) is 0 Å². The molecule has 0 aromatic carbocycles. The summed E-state index contributed by atoms with van der Waals surface area (Å²) >= 11 is 0. The second kappa shape index (κ2) is 6.07. The predicted molar refractivity (Wildman–Crippen MR) is 58.7 cm³/mol. The number of hydrogen-bond donors (Lipinski definition) is 1. The smallest absolute Gasteiger partial charge is 0.401 e. The molecule has 0 amide bonds. The first kappa shape index (κ1) is 14.1. The van der Waals surface area contributed by atoms with Crippen LogP contribution in [-0.4, -0.2) is 37.8 Å². The first-order valence-electron chi connectivity index (χ1n) is 5.40. The molecule has 1 N–H and O–H groups in total. The van der Waals surface area contributed by atoms with Crippen LogP contribution in [0, 0.1) is 0 Å². The molecule has 0 spiro atoms. The standard InChI is InChI=1S/C11H17F3N2O/c1-9(10-4-3-7-17-10)15-5-6-16(2)8-11(12,13)14/h3-4,7,9,15H,5-6,8H2,1-2H3. The Hall–Kier alpha value is -1.01. The normalized spacial score (nSPS) is 14.2. The highest BCUT2D eigenvalue weighted by atomic mass is 19.4. The first-order valence-corrected chi connectivity index (χ1v) is 5.40. The summed E-state index contributed by atoms with van der Waals surface area (Å²) < 4.78 is 41.3. The Kier molecular flexibility index (Phi) is 5.02. The maximum absolute atomic E-state index is 12.0. The van der Waals surface area contributed by atoms with Crippen LogP contribution in [0.4, 0.5) is 13.2 Å². The van der Waals surface area contributed by atoms with E-state index in [1.165, 1.54) is 11.9 Å². The molecule has 3 nitrogen and oxygen atoms in total. The largest absolute Gasteiger partial charge is 0.468 e. The second-order valence-corrected chi connectivity index (χ2v) is 4.04. The summed E-state index contributed by atoms with van der Waals surface area (Å²) in [4.78, 5) is 1.24. The van der Waals surface area contributed by atoms with Crippen LogP contribution in [0.1, 0.15) is 18.7 Å². The minimum Gasteiger partial charge on any atom is -0.468 e. The van der Waals surface area contributed by atoms with E-state index in [2.05, 4.69) is 5.32 Å². The van der Waals surface area contributed by atoms with Crippen LogP contribution in [0.15, 0.2) is 22.8 Å². The summed E-state index contributed by atoms with van der Waals surface area (Å²) in [6, 6.07) is 3.62. The van der Waals surface area contributed by atoms with E-state index in [0.29, 0.717) is 13.1 Å². The van der Waals surface area contributed by atoms with Gasteiger partial charge >= 0.3 is 6.18 Å². The molecule has 17 heavy (non-hydrogen) atoms. The monoisotopic (exact) mass is 250 g/mol. The van der Waals surface area contributed by atoms with Gasteiger partial charge in [0.15, 0.2) is 0 Å². The van der Waals surface area contributed by atoms with Gasteiger partial charge in [0.1, 0.15) is 5.76 Å². The number of halogens is 3. The van der Waals surface area contributed by atoms with Crippen molar-refractivity contribution in [1.29, 1.82) is 0 Å². The van der Waals surface area contributed by atoms with E-state index in [9.17, 15) is 13.2 Å². The summed E-state index contributed by atoms with van der Waals surface area (Å²) in [6.07, 6.45) is -2.56. The summed E-state index contributed by atoms with van der Waals surface area (Å²) in [6.45, 7) is 1.84. The Balaban J connectivity index is 2.19. The van der Waals surface area contributed by atoms with Crippen molar-refractivity contribution in [2.45, 2.75) is 19.1 Å². The fraction of sp³-hybridized carbons (Fsp3) is 0.636. The highest BCUT2D eigenvalue weighted by Crippen LogP contribution is 2.15. The lowest BCUT2D eigenvalue weighted by molar-refractivity contribution is -0.142. The number of nitrogens with one attached hydrogen (secondary N) is 1. The molecule has 0 radical (unpaired) electrons. The van der Waals surface area contributed by atoms with E-state index in [4.69, 9.17) is 4.42 Å². The predicted octanol–water partition coefficient (Wildman–Crippen LogP) is 2.42. The van der Waals surface area contributed by atoms with Crippen molar-refractivity contribution in [3.05, 3.63) is 24.2 Å². The molecule has 1 aromatic heterocycles. The van der Waals surface area contributed by atoms with Crippen LogP contribution in [-0.2, 0) is 0 Å². The third-order valence-electron chi connectivity index (χ3n) is 2.36. The lowest BCUT2D eigenvalue weighted by Gasteiger charge is -2.19. The molecule has 0 bridgehead atoms. The molecule has 1 aromatic rings. The fourth-order valence-corrected chi connectivity index (χ4v) is 1.50. The van der Waals surface area contributed by atoms with Gasteiger partial charge < -0.3 is 9.73 Å². The van der Waals surface area contributed by atoms with E-state index < -0.39 is 12.7 Å². The average Bonchev–Trinajstić information content (AvgIpc) is 2.66. The Bertz CT molecular complexity index is 311. The van der Waals surface area contributed by atoms with Crippen LogP contribution in [0.25, 0.3) is 0 Å². The molecule has 0 aliphatic rings. The maximum atomic E-state index is 12.0. The van der Waals surface area contributed by atoms with E-state index in [0.717, 1.165) is 5.76 Å². The molecule has 1 unspecified atom stereocenters. The van der Waals surface area contributed by atoms with Crippen LogP contribution in [0.5, 0.6) is 0 Å². The highest BCUT2D eigenvalue weighted by molar-refractivity contribution is 5.02. The fourth-order valence-electron chi connectivity index (χ4n) is 1.50. The molecule has 1 heterocycles. The van der Waals surface area contributed by atoms with Crippen molar-refractivity contribution in [3.63, 3.8) is 0 Å². The van der Waals surface area contributed by atoms with Crippen molar-refractivity contribution in [3.8, 4) is 0 Å². The van der Waals surface area contributed by atoms with Gasteiger partial charge in [0.05, 0.1) is 18.8 Å². The minimum atomic E-state index is -4.14. The SMILES string of the molecule is CC(NCCN(C)CC(F)(F)F)c1ccco1. The van der Waals surface area contributed by atoms with Gasteiger partial charge in [0.2, 0.25) is 0 Å².